The van der Waals surface area contributed by atoms with Crippen molar-refractivity contribution in [3.05, 3.63) is 27.7 Å². The highest BCUT2D eigenvalue weighted by Gasteiger charge is 2.03. The summed E-state index contributed by atoms with van der Waals surface area (Å²) in [4.78, 5) is 0. The van der Waals surface area contributed by atoms with Crippen molar-refractivity contribution >= 4 is 50.5 Å². The Morgan fingerprint density at radius 2 is 2.19 bits per heavy atom. The Labute approximate surface area is 115 Å². The lowest BCUT2D eigenvalue weighted by Gasteiger charge is -2.13. The maximum Gasteiger partial charge on any atom is 0.170 e. The zero-order valence-corrected chi connectivity index (χ0v) is 12.3. The van der Waals surface area contributed by atoms with E-state index in [0.29, 0.717) is 16.1 Å². The molecule has 1 aromatic carbocycles. The Hall–Kier alpha value is -0.320. The smallest absolute Gasteiger partial charge is 0.170 e. The predicted molar refractivity (Wildman–Crippen MR) is 78.2 cm³/mol. The van der Waals surface area contributed by atoms with Gasteiger partial charge in [-0.25, -0.2) is 0 Å². The van der Waals surface area contributed by atoms with Gasteiger partial charge in [-0.05, 0) is 36.3 Å². The standard InChI is InChI=1S/C11H14BrClN2S/c1-7(2)6-14-11(16)15-10-5-8(12)3-4-9(10)13/h3-5,7H,6H2,1-2H3,(H2,14,15,16). The van der Waals surface area contributed by atoms with Gasteiger partial charge in [0, 0.05) is 11.0 Å². The first kappa shape index (κ1) is 13.7. The zero-order chi connectivity index (χ0) is 12.1. The summed E-state index contributed by atoms with van der Waals surface area (Å²) in [6, 6.07) is 5.60. The second-order valence-corrected chi connectivity index (χ2v) is 5.58. The first-order valence-corrected chi connectivity index (χ1v) is 6.57. The number of nitrogens with one attached hydrogen (secondary N) is 2. The van der Waals surface area contributed by atoms with Crippen LogP contribution in [0, 0.1) is 5.92 Å². The van der Waals surface area contributed by atoms with Gasteiger partial charge in [-0.2, -0.15) is 0 Å². The molecule has 0 aliphatic heterocycles. The molecular formula is C11H14BrClN2S. The molecule has 0 spiro atoms. The SMILES string of the molecule is CC(C)CNC(=S)Nc1cc(Br)ccc1Cl. The molecule has 2 nitrogen and oxygen atoms in total. The summed E-state index contributed by atoms with van der Waals surface area (Å²) in [6.07, 6.45) is 0. The summed E-state index contributed by atoms with van der Waals surface area (Å²) >= 11 is 14.6. The molecule has 5 heteroatoms. The second-order valence-electron chi connectivity index (χ2n) is 3.85. The second kappa shape index (κ2) is 6.42. The number of thiocarbonyl (C=S) groups is 1. The fourth-order valence-electron chi connectivity index (χ4n) is 1.06. The van der Waals surface area contributed by atoms with E-state index in [-0.39, 0.29) is 0 Å². The van der Waals surface area contributed by atoms with Gasteiger partial charge in [0.25, 0.3) is 0 Å². The number of hydrogen-bond acceptors (Lipinski definition) is 1. The summed E-state index contributed by atoms with van der Waals surface area (Å²) in [6.45, 7) is 5.10. The number of halogens is 2. The summed E-state index contributed by atoms with van der Waals surface area (Å²) < 4.78 is 0.964. The van der Waals surface area contributed by atoms with E-state index in [2.05, 4.69) is 40.4 Å². The minimum Gasteiger partial charge on any atom is -0.362 e. The average Bonchev–Trinajstić information content (AvgIpc) is 2.20. The van der Waals surface area contributed by atoms with Crippen molar-refractivity contribution < 1.29 is 0 Å². The number of rotatable bonds is 3. The third-order valence-electron chi connectivity index (χ3n) is 1.85. The summed E-state index contributed by atoms with van der Waals surface area (Å²) in [5, 5.41) is 7.43. The van der Waals surface area contributed by atoms with Gasteiger partial charge in [0.05, 0.1) is 10.7 Å². The van der Waals surface area contributed by atoms with Crippen LogP contribution in [0.1, 0.15) is 13.8 Å². The maximum absolute atomic E-state index is 6.03. The van der Waals surface area contributed by atoms with E-state index in [1.54, 1.807) is 0 Å². The van der Waals surface area contributed by atoms with E-state index in [1.807, 2.05) is 18.2 Å². The molecule has 88 valence electrons. The molecule has 0 heterocycles. The summed E-state index contributed by atoms with van der Waals surface area (Å²) in [5.74, 6) is 0.553. The average molecular weight is 322 g/mol. The predicted octanol–water partition coefficient (Wildman–Crippen LogP) is 4.04. The highest BCUT2D eigenvalue weighted by molar-refractivity contribution is 9.10. The Morgan fingerprint density at radius 1 is 1.50 bits per heavy atom. The maximum atomic E-state index is 6.03. The number of benzene rings is 1. The van der Waals surface area contributed by atoms with Crippen molar-refractivity contribution in [2.24, 2.45) is 5.92 Å². The van der Waals surface area contributed by atoms with E-state index in [9.17, 15) is 0 Å². The normalized spacial score (nSPS) is 10.3. The van der Waals surface area contributed by atoms with Crippen molar-refractivity contribution in [1.29, 1.82) is 0 Å². The molecule has 0 aliphatic carbocycles. The Balaban J connectivity index is 2.59. The van der Waals surface area contributed by atoms with Gasteiger partial charge in [0.15, 0.2) is 5.11 Å². The van der Waals surface area contributed by atoms with Crippen molar-refractivity contribution in [1.82, 2.24) is 5.32 Å². The van der Waals surface area contributed by atoms with Gasteiger partial charge in [-0.1, -0.05) is 41.4 Å². The molecule has 16 heavy (non-hydrogen) atoms. The van der Waals surface area contributed by atoms with Gasteiger partial charge >= 0.3 is 0 Å². The zero-order valence-electron chi connectivity index (χ0n) is 9.18. The number of hydrogen-bond donors (Lipinski definition) is 2. The van der Waals surface area contributed by atoms with E-state index >= 15 is 0 Å². The van der Waals surface area contributed by atoms with Crippen molar-refractivity contribution in [2.45, 2.75) is 13.8 Å². The Bertz CT molecular complexity index is 382. The molecule has 1 aromatic rings. The molecule has 1 rings (SSSR count). The molecule has 0 fully saturated rings. The molecule has 0 aliphatic rings. The van der Waals surface area contributed by atoms with Crippen LogP contribution in [-0.4, -0.2) is 11.7 Å². The van der Waals surface area contributed by atoms with Crippen LogP contribution in [-0.2, 0) is 0 Å². The van der Waals surface area contributed by atoms with Gasteiger partial charge in [0.1, 0.15) is 0 Å². The third-order valence-corrected chi connectivity index (χ3v) is 2.92. The van der Waals surface area contributed by atoms with Crippen LogP contribution in [0.3, 0.4) is 0 Å². The van der Waals surface area contributed by atoms with Crippen LogP contribution in [0.25, 0.3) is 0 Å². The first-order chi connectivity index (χ1) is 7.49. The topological polar surface area (TPSA) is 24.1 Å². The highest BCUT2D eigenvalue weighted by atomic mass is 79.9. The molecule has 0 saturated carbocycles. The molecule has 0 atom stereocenters. The summed E-state index contributed by atoms with van der Waals surface area (Å²) in [5.41, 5.74) is 0.803. The molecule has 0 saturated heterocycles. The summed E-state index contributed by atoms with van der Waals surface area (Å²) in [7, 11) is 0. The van der Waals surface area contributed by atoms with Crippen LogP contribution in [0.4, 0.5) is 5.69 Å². The van der Waals surface area contributed by atoms with Crippen molar-refractivity contribution in [3.63, 3.8) is 0 Å². The van der Waals surface area contributed by atoms with E-state index in [0.717, 1.165) is 16.7 Å². The van der Waals surface area contributed by atoms with Gasteiger partial charge < -0.3 is 10.6 Å². The molecule has 0 radical (unpaired) electrons. The van der Waals surface area contributed by atoms with Crippen LogP contribution in [0.2, 0.25) is 5.02 Å². The fraction of sp³-hybridized carbons (Fsp3) is 0.364. The molecule has 0 amide bonds. The monoisotopic (exact) mass is 320 g/mol. The molecule has 0 unspecified atom stereocenters. The van der Waals surface area contributed by atoms with E-state index in [1.165, 1.54) is 0 Å². The van der Waals surface area contributed by atoms with E-state index < -0.39 is 0 Å². The molecular weight excluding hydrogens is 308 g/mol. The lowest BCUT2D eigenvalue weighted by atomic mass is 10.2. The van der Waals surface area contributed by atoms with Gasteiger partial charge in [-0.3, -0.25) is 0 Å². The Morgan fingerprint density at radius 3 is 2.81 bits per heavy atom. The van der Waals surface area contributed by atoms with Crippen molar-refractivity contribution in [2.75, 3.05) is 11.9 Å². The van der Waals surface area contributed by atoms with Crippen LogP contribution in [0.5, 0.6) is 0 Å². The van der Waals surface area contributed by atoms with E-state index in [4.69, 9.17) is 23.8 Å². The molecule has 2 N–H and O–H groups in total. The third kappa shape index (κ3) is 4.68. The van der Waals surface area contributed by atoms with Gasteiger partial charge in [-0.15, -0.1) is 0 Å². The fourth-order valence-corrected chi connectivity index (χ4v) is 1.78. The molecule has 0 bridgehead atoms. The lowest BCUT2D eigenvalue weighted by Crippen LogP contribution is -2.31. The van der Waals surface area contributed by atoms with Crippen LogP contribution >= 0.6 is 39.7 Å². The van der Waals surface area contributed by atoms with Crippen LogP contribution in [0.15, 0.2) is 22.7 Å². The Kier molecular flexibility index (Phi) is 5.52. The highest BCUT2D eigenvalue weighted by Crippen LogP contribution is 2.25. The number of anilines is 1. The largest absolute Gasteiger partial charge is 0.362 e. The minimum absolute atomic E-state index is 0.553. The molecule has 0 aromatic heterocycles. The minimum atomic E-state index is 0.553. The quantitative estimate of drug-likeness (QED) is 0.822. The first-order valence-electron chi connectivity index (χ1n) is 4.99. The lowest BCUT2D eigenvalue weighted by molar-refractivity contribution is 0.627. The van der Waals surface area contributed by atoms with Crippen molar-refractivity contribution in [3.8, 4) is 0 Å². The van der Waals surface area contributed by atoms with Crippen LogP contribution < -0.4 is 10.6 Å². The van der Waals surface area contributed by atoms with Gasteiger partial charge in [0.2, 0.25) is 0 Å².